The van der Waals surface area contributed by atoms with E-state index in [4.69, 9.17) is 9.47 Å². The van der Waals surface area contributed by atoms with Gasteiger partial charge in [0, 0.05) is 0 Å². The summed E-state index contributed by atoms with van der Waals surface area (Å²) >= 11 is 0. The van der Waals surface area contributed by atoms with E-state index in [1.165, 1.54) is 0 Å². The maximum Gasteiger partial charge on any atom is 0.408 e. The maximum absolute atomic E-state index is 13.0. The minimum Gasteiger partial charge on any atom is -0.444 e. The van der Waals surface area contributed by atoms with Crippen LogP contribution in [0.2, 0.25) is 0 Å². The molecule has 0 saturated carbocycles. The van der Waals surface area contributed by atoms with E-state index >= 15 is 0 Å². The lowest BCUT2D eigenvalue weighted by Gasteiger charge is -2.21. The average Bonchev–Trinajstić information content (AvgIpc) is 2.32. The zero-order valence-corrected chi connectivity index (χ0v) is 8.67. The van der Waals surface area contributed by atoms with Crippen molar-refractivity contribution < 1.29 is 18.7 Å². The summed E-state index contributed by atoms with van der Waals surface area (Å²) in [7, 11) is 0. The minimum atomic E-state index is -1.14. The van der Waals surface area contributed by atoms with Crippen molar-refractivity contribution in [1.82, 2.24) is 5.32 Å². The molecule has 0 aliphatic carbocycles. The van der Waals surface area contributed by atoms with Crippen molar-refractivity contribution in [1.29, 1.82) is 0 Å². The molecule has 2 atom stereocenters. The molecule has 14 heavy (non-hydrogen) atoms. The molecule has 1 rings (SSSR count). The molecule has 0 unspecified atom stereocenters. The lowest BCUT2D eigenvalue weighted by atomic mass is 10.2. The summed E-state index contributed by atoms with van der Waals surface area (Å²) in [6.07, 6.45) is -1.74. The number of hydrogen-bond acceptors (Lipinski definition) is 3. The molecule has 1 aliphatic rings. The first-order chi connectivity index (χ1) is 6.38. The number of amides is 1. The molecule has 0 aromatic heterocycles. The number of alkyl carbamates (subject to hydrolysis) is 1. The number of carbonyl (C=O) groups excluding carboxylic acids is 1. The lowest BCUT2D eigenvalue weighted by Crippen LogP contribution is -2.43. The molecular weight excluding hydrogens is 189 g/mol. The number of ether oxygens (including phenoxy) is 2. The van der Waals surface area contributed by atoms with E-state index in [9.17, 15) is 9.18 Å². The number of carbonyl (C=O) groups is 1. The predicted octanol–water partition coefficient (Wildman–Crippen LogP) is 1.25. The van der Waals surface area contributed by atoms with Crippen LogP contribution in [-0.4, -0.2) is 37.1 Å². The number of rotatable bonds is 1. The minimum absolute atomic E-state index is 0.0421. The van der Waals surface area contributed by atoms with Gasteiger partial charge in [-0.05, 0) is 20.8 Å². The first-order valence-electron chi connectivity index (χ1n) is 4.60. The average molecular weight is 205 g/mol. The normalized spacial score (nSPS) is 27.4. The number of hydrogen-bond donors (Lipinski definition) is 1. The Morgan fingerprint density at radius 1 is 1.50 bits per heavy atom. The molecule has 0 radical (unpaired) electrons. The van der Waals surface area contributed by atoms with Gasteiger partial charge < -0.3 is 14.8 Å². The fourth-order valence-electron chi connectivity index (χ4n) is 1.12. The summed E-state index contributed by atoms with van der Waals surface area (Å²) in [5.41, 5.74) is -0.560. The molecule has 0 aromatic carbocycles. The van der Waals surface area contributed by atoms with Crippen LogP contribution in [0.15, 0.2) is 0 Å². The molecule has 5 heteroatoms. The molecule has 1 N–H and O–H groups in total. The molecule has 1 fully saturated rings. The van der Waals surface area contributed by atoms with Crippen molar-refractivity contribution >= 4 is 6.09 Å². The molecule has 1 aliphatic heterocycles. The SMILES string of the molecule is CC(C)(C)OC(=O)N[C@@H]1COC[C@H]1F. The molecule has 1 saturated heterocycles. The zero-order chi connectivity index (χ0) is 10.8. The van der Waals surface area contributed by atoms with Gasteiger partial charge in [-0.1, -0.05) is 0 Å². The van der Waals surface area contributed by atoms with Crippen LogP contribution in [0.3, 0.4) is 0 Å². The van der Waals surface area contributed by atoms with Crippen LogP contribution >= 0.6 is 0 Å². The van der Waals surface area contributed by atoms with Crippen LogP contribution in [0.5, 0.6) is 0 Å². The summed E-state index contributed by atoms with van der Waals surface area (Å²) in [6, 6.07) is -0.579. The Hall–Kier alpha value is -0.840. The van der Waals surface area contributed by atoms with E-state index in [2.05, 4.69) is 5.32 Å². The largest absolute Gasteiger partial charge is 0.444 e. The fraction of sp³-hybridized carbons (Fsp3) is 0.889. The highest BCUT2D eigenvalue weighted by Crippen LogP contribution is 2.11. The Labute approximate surface area is 82.8 Å². The van der Waals surface area contributed by atoms with E-state index in [1.807, 2.05) is 0 Å². The highest BCUT2D eigenvalue weighted by Gasteiger charge is 2.30. The van der Waals surface area contributed by atoms with Crippen LogP contribution in [0.4, 0.5) is 9.18 Å². The van der Waals surface area contributed by atoms with Gasteiger partial charge in [-0.15, -0.1) is 0 Å². The van der Waals surface area contributed by atoms with Crippen molar-refractivity contribution in [3.05, 3.63) is 0 Å². The van der Waals surface area contributed by atoms with Gasteiger partial charge in [-0.25, -0.2) is 9.18 Å². The highest BCUT2D eigenvalue weighted by molar-refractivity contribution is 5.68. The number of alkyl halides is 1. The second-order valence-corrected chi connectivity index (χ2v) is 4.31. The molecule has 1 heterocycles. The Balaban J connectivity index is 2.33. The standard InChI is InChI=1S/C9H16FNO3/c1-9(2,3)14-8(12)11-7-5-13-4-6(7)10/h6-7H,4-5H2,1-3H3,(H,11,12)/t6-,7-/m1/s1. The Kier molecular flexibility index (Phi) is 3.31. The van der Waals surface area contributed by atoms with Crippen molar-refractivity contribution in [2.45, 2.75) is 38.6 Å². The van der Waals surface area contributed by atoms with Gasteiger partial charge in [0.25, 0.3) is 0 Å². The lowest BCUT2D eigenvalue weighted by molar-refractivity contribution is 0.0485. The van der Waals surface area contributed by atoms with Crippen LogP contribution in [0.25, 0.3) is 0 Å². The Morgan fingerprint density at radius 2 is 2.14 bits per heavy atom. The van der Waals surface area contributed by atoms with Gasteiger partial charge in [0.15, 0.2) is 0 Å². The van der Waals surface area contributed by atoms with Gasteiger partial charge in [-0.2, -0.15) is 0 Å². The first kappa shape index (κ1) is 11.2. The summed E-state index contributed by atoms with van der Waals surface area (Å²) in [6.45, 7) is 5.51. The molecular formula is C9H16FNO3. The smallest absolute Gasteiger partial charge is 0.408 e. The van der Waals surface area contributed by atoms with Crippen LogP contribution in [0.1, 0.15) is 20.8 Å². The molecule has 0 spiro atoms. The Morgan fingerprint density at radius 3 is 2.57 bits per heavy atom. The van der Waals surface area contributed by atoms with Crippen LogP contribution in [0, 0.1) is 0 Å². The summed E-state index contributed by atoms with van der Waals surface area (Å²) in [4.78, 5) is 11.2. The van der Waals surface area contributed by atoms with E-state index in [0.717, 1.165) is 0 Å². The summed E-state index contributed by atoms with van der Waals surface area (Å²) < 4.78 is 22.8. The van der Waals surface area contributed by atoms with Gasteiger partial charge in [-0.3, -0.25) is 0 Å². The molecule has 0 aromatic rings. The van der Waals surface area contributed by atoms with Gasteiger partial charge in [0.05, 0.1) is 19.3 Å². The second kappa shape index (κ2) is 4.13. The second-order valence-electron chi connectivity index (χ2n) is 4.31. The maximum atomic E-state index is 13.0. The van der Waals surface area contributed by atoms with E-state index in [0.29, 0.717) is 0 Å². The van der Waals surface area contributed by atoms with Crippen LogP contribution < -0.4 is 5.32 Å². The molecule has 4 nitrogen and oxygen atoms in total. The number of nitrogens with one attached hydrogen (secondary N) is 1. The monoisotopic (exact) mass is 205 g/mol. The van der Waals surface area contributed by atoms with Crippen molar-refractivity contribution in [3.8, 4) is 0 Å². The van der Waals surface area contributed by atoms with Gasteiger partial charge in [0.1, 0.15) is 11.8 Å². The summed E-state index contributed by atoms with van der Waals surface area (Å²) in [5, 5.41) is 2.42. The van der Waals surface area contributed by atoms with Crippen molar-refractivity contribution in [3.63, 3.8) is 0 Å². The third kappa shape index (κ3) is 3.49. The van der Waals surface area contributed by atoms with E-state index in [1.54, 1.807) is 20.8 Å². The fourth-order valence-corrected chi connectivity index (χ4v) is 1.12. The first-order valence-corrected chi connectivity index (χ1v) is 4.60. The topological polar surface area (TPSA) is 47.6 Å². The van der Waals surface area contributed by atoms with Gasteiger partial charge >= 0.3 is 6.09 Å². The number of halogens is 1. The third-order valence-corrected chi connectivity index (χ3v) is 1.71. The molecule has 1 amide bonds. The van der Waals surface area contributed by atoms with Crippen molar-refractivity contribution in [2.75, 3.05) is 13.2 Å². The van der Waals surface area contributed by atoms with Gasteiger partial charge in [0.2, 0.25) is 0 Å². The third-order valence-electron chi connectivity index (χ3n) is 1.71. The van der Waals surface area contributed by atoms with E-state index in [-0.39, 0.29) is 13.2 Å². The zero-order valence-electron chi connectivity index (χ0n) is 8.67. The summed E-state index contributed by atoms with van der Waals surface area (Å²) in [5.74, 6) is 0. The van der Waals surface area contributed by atoms with Crippen LogP contribution in [-0.2, 0) is 9.47 Å². The molecule has 0 bridgehead atoms. The predicted molar refractivity (Wildman–Crippen MR) is 48.9 cm³/mol. The van der Waals surface area contributed by atoms with E-state index < -0.39 is 23.9 Å². The Bertz CT molecular complexity index is 215. The highest BCUT2D eigenvalue weighted by atomic mass is 19.1. The quantitative estimate of drug-likeness (QED) is 0.700. The molecule has 82 valence electrons. The van der Waals surface area contributed by atoms with Crippen molar-refractivity contribution in [2.24, 2.45) is 0 Å².